The molecule has 8 aromatic heterocycles. The summed E-state index contributed by atoms with van der Waals surface area (Å²) < 4.78 is 20.9. The van der Waals surface area contributed by atoms with Crippen molar-refractivity contribution in [2.75, 3.05) is 13.2 Å². The van der Waals surface area contributed by atoms with Crippen LogP contribution in [0.5, 0.6) is 11.5 Å². The maximum Gasteiger partial charge on any atom is 0.349 e. The van der Waals surface area contributed by atoms with Gasteiger partial charge in [-0.15, -0.1) is 0 Å². The minimum atomic E-state index is -0.547. The molecule has 10 nitrogen and oxygen atoms in total. The summed E-state index contributed by atoms with van der Waals surface area (Å²) in [6, 6.07) is 45.4. The minimum Gasteiger partial charge on any atom is -0.494 e. The Morgan fingerprint density at radius 2 is 0.793 bits per heavy atom. The standard InChI is InChI=1S/C62H44B2Cl4N8O2S4/c1-7-77-39-17-13-37(14-18-39)59-57-58(62(42(30-70)52-32-72-48-26-44(66)46(68)28-50(48)74-52)75(59)63(53-21-9-33(3)79-53)54-22-10-34(4)80-54)60(38-15-19-40(20-16-38)78-8-2)76(64(55-23-11-35(5)81-55)56-24-12-36(6)82-56)61(57)41(29-69)51-31-71-47-25-43(65)45(67)27-49(47)73-51/h9-28,31-32H,7-8H2,1-6H3/b61-41-,62-42-. The van der Waals surface area contributed by atoms with Gasteiger partial charge < -0.3 is 18.4 Å². The average molecular weight is 1220 g/mol. The Balaban J connectivity index is 1.44. The highest BCUT2D eigenvalue weighted by Crippen LogP contribution is 2.39. The van der Waals surface area contributed by atoms with Crippen LogP contribution in [-0.2, 0) is 0 Å². The normalized spacial score (nSPS) is 12.2. The summed E-state index contributed by atoms with van der Waals surface area (Å²) in [5.41, 5.74) is 5.92. The zero-order valence-corrected chi connectivity index (χ0v) is 51.1. The molecule has 0 radical (unpaired) electrons. The maximum absolute atomic E-state index is 12.3. The number of nitriles is 2. The summed E-state index contributed by atoms with van der Waals surface area (Å²) in [5.74, 6) is 1.36. The molecule has 0 bridgehead atoms. The topological polar surface area (TPSA) is 127 Å². The molecule has 0 saturated carbocycles. The Morgan fingerprint density at radius 1 is 0.476 bits per heavy atom. The monoisotopic (exact) mass is 1220 g/mol. The molecule has 0 N–H and O–H groups in total. The van der Waals surface area contributed by atoms with Crippen LogP contribution in [0.1, 0.15) is 44.7 Å². The van der Waals surface area contributed by atoms with Crippen LogP contribution in [0.4, 0.5) is 0 Å². The van der Waals surface area contributed by atoms with E-state index in [9.17, 15) is 10.5 Å². The van der Waals surface area contributed by atoms with Crippen LogP contribution in [0.2, 0.25) is 20.1 Å². The molecule has 0 unspecified atom stereocenters. The van der Waals surface area contributed by atoms with Crippen LogP contribution in [0, 0.1) is 50.4 Å². The molecule has 0 aliphatic heterocycles. The zero-order valence-electron chi connectivity index (χ0n) is 44.8. The number of aryl methyl sites for hydroxylation is 4. The van der Waals surface area contributed by atoms with E-state index < -0.39 is 13.7 Å². The van der Waals surface area contributed by atoms with Gasteiger partial charge in [-0.05, 0) is 150 Å². The van der Waals surface area contributed by atoms with Crippen LogP contribution >= 0.6 is 91.8 Å². The van der Waals surface area contributed by atoms with Gasteiger partial charge in [-0.1, -0.05) is 70.7 Å². The lowest BCUT2D eigenvalue weighted by molar-refractivity contribution is 0.340. The van der Waals surface area contributed by atoms with E-state index in [-0.39, 0.29) is 11.1 Å². The molecule has 82 heavy (non-hydrogen) atoms. The third kappa shape index (κ3) is 10.1. The number of hydrogen-bond donors (Lipinski definition) is 0. The van der Waals surface area contributed by atoms with E-state index in [1.165, 1.54) is 0 Å². The van der Waals surface area contributed by atoms with Gasteiger partial charge in [0.05, 0.1) is 78.5 Å². The minimum absolute atomic E-state index is 0.219. The molecule has 0 fully saturated rings. The highest BCUT2D eigenvalue weighted by atomic mass is 35.5. The molecule has 0 amide bonds. The number of thiophene rings is 4. The highest BCUT2D eigenvalue weighted by molar-refractivity contribution is 7.32. The van der Waals surface area contributed by atoms with Crippen molar-refractivity contribution in [3.8, 4) is 46.2 Å². The van der Waals surface area contributed by atoms with E-state index in [0.717, 1.165) is 49.7 Å². The van der Waals surface area contributed by atoms with E-state index in [1.54, 1.807) is 82.0 Å². The lowest BCUT2D eigenvalue weighted by atomic mass is 9.58. The molecule has 12 aromatic rings. The largest absolute Gasteiger partial charge is 0.494 e. The van der Waals surface area contributed by atoms with E-state index in [0.29, 0.717) is 111 Å². The number of aromatic nitrogens is 6. The van der Waals surface area contributed by atoms with Crippen molar-refractivity contribution >= 4 is 169 Å². The van der Waals surface area contributed by atoms with Crippen molar-refractivity contribution < 1.29 is 9.47 Å². The Morgan fingerprint density at radius 3 is 1.07 bits per heavy atom. The van der Waals surface area contributed by atoms with Crippen molar-refractivity contribution in [2.24, 2.45) is 0 Å². The first-order valence-corrected chi connectivity index (χ1v) is 30.9. The lowest BCUT2D eigenvalue weighted by Crippen LogP contribution is -2.52. The number of halogens is 4. The van der Waals surface area contributed by atoms with Gasteiger partial charge in [-0.25, -0.2) is 9.97 Å². The first-order valence-electron chi connectivity index (χ1n) is 26.1. The first-order chi connectivity index (χ1) is 39.7. The summed E-state index contributed by atoms with van der Waals surface area (Å²) >= 11 is 33.4. The number of nitrogens with zero attached hydrogens (tertiary/aromatic N) is 8. The van der Waals surface area contributed by atoms with Crippen LogP contribution in [0.25, 0.3) is 66.5 Å². The lowest BCUT2D eigenvalue weighted by Gasteiger charge is -2.22. The first kappa shape index (κ1) is 55.3. The third-order valence-corrected chi connectivity index (χ3v) is 19.7. The molecular weight excluding hydrogens is 1180 g/mol. The molecule has 0 aliphatic carbocycles. The van der Waals surface area contributed by atoms with E-state index in [2.05, 4.69) is 122 Å². The van der Waals surface area contributed by atoms with Gasteiger partial charge in [0.15, 0.2) is 0 Å². The molecule has 0 atom stereocenters. The van der Waals surface area contributed by atoms with Crippen molar-refractivity contribution in [3.05, 3.63) is 195 Å². The Hall–Kier alpha value is -7.21. The van der Waals surface area contributed by atoms with E-state index in [1.807, 2.05) is 38.1 Å². The predicted molar refractivity (Wildman–Crippen MR) is 345 cm³/mol. The average Bonchev–Trinajstić information content (AvgIpc) is 1.87. The smallest absolute Gasteiger partial charge is 0.349 e. The summed E-state index contributed by atoms with van der Waals surface area (Å²) in [6.45, 7) is 12.1. The Kier molecular flexibility index (Phi) is 15.4. The number of fused-ring (bicyclic) bond motifs is 3. The Bertz CT molecular complexity index is 4350. The second-order valence-electron chi connectivity index (χ2n) is 19.4. The van der Waals surface area contributed by atoms with Crippen LogP contribution in [0.15, 0.2) is 134 Å². The second kappa shape index (κ2) is 22.9. The van der Waals surface area contributed by atoms with Crippen LogP contribution in [0.3, 0.4) is 0 Å². The molecule has 8 heterocycles. The van der Waals surface area contributed by atoms with Crippen molar-refractivity contribution in [2.45, 2.75) is 41.5 Å². The quantitative estimate of drug-likeness (QED) is 0.0985. The summed E-state index contributed by atoms with van der Waals surface area (Å²) in [5, 5.41) is 28.3. The molecule has 402 valence electrons. The van der Waals surface area contributed by atoms with Gasteiger partial charge in [0.25, 0.3) is 0 Å². The second-order valence-corrected chi connectivity index (χ2v) is 26.3. The molecule has 0 aliphatic rings. The third-order valence-electron chi connectivity index (χ3n) is 14.1. The van der Waals surface area contributed by atoms with Crippen LogP contribution in [-0.4, -0.2) is 55.8 Å². The molecule has 20 heteroatoms. The van der Waals surface area contributed by atoms with E-state index in [4.69, 9.17) is 75.8 Å². The fourth-order valence-electron chi connectivity index (χ4n) is 10.6. The fraction of sp³-hybridized carbons (Fsp3) is 0.129. The molecule has 0 saturated heterocycles. The highest BCUT2D eigenvalue weighted by Gasteiger charge is 2.39. The molecule has 4 aromatic carbocycles. The van der Waals surface area contributed by atoms with Gasteiger partial charge in [0, 0.05) is 60.8 Å². The summed E-state index contributed by atoms with van der Waals surface area (Å²) in [4.78, 5) is 24.7. The fourth-order valence-corrected chi connectivity index (χ4v) is 15.4. The summed E-state index contributed by atoms with van der Waals surface area (Å²) in [6.07, 6.45) is 3.25. The summed E-state index contributed by atoms with van der Waals surface area (Å²) in [7, 11) is 0. The van der Waals surface area contributed by atoms with Gasteiger partial charge in [0.1, 0.15) is 46.2 Å². The molecular formula is C62H44B2Cl4N8O2S4. The number of ether oxygens (including phenoxy) is 2. The number of benzene rings is 4. The van der Waals surface area contributed by atoms with Gasteiger partial charge in [-0.2, -0.15) is 55.9 Å². The number of hydrogen-bond acceptors (Lipinski definition) is 12. The Labute approximate surface area is 509 Å². The van der Waals surface area contributed by atoms with Gasteiger partial charge in [-0.3, -0.25) is 9.97 Å². The van der Waals surface area contributed by atoms with Gasteiger partial charge >= 0.3 is 13.7 Å². The maximum atomic E-state index is 12.3. The van der Waals surface area contributed by atoms with Crippen molar-refractivity contribution in [3.63, 3.8) is 0 Å². The number of rotatable bonds is 14. The predicted octanol–water partition coefficient (Wildman–Crippen LogP) is 13.3. The zero-order chi connectivity index (χ0) is 57.1. The van der Waals surface area contributed by atoms with Crippen molar-refractivity contribution in [1.29, 1.82) is 10.5 Å². The van der Waals surface area contributed by atoms with Crippen LogP contribution < -0.4 is 39.3 Å². The SMILES string of the molecule is CCOc1ccc(-c2c3/c(=C(\C#N)c4cnc5cc(Cl)c(Cl)cc5n4)n(B(c4ccc(C)s4)c4ccc(C)s4)c(-c4ccc(OCC)cc4)c3/c(=C(\C#N)c3cnc4cc(Cl)c(Cl)cc4n3)n2B(c2ccc(C)s2)c2ccc(C)s2)cc1. The van der Waals surface area contributed by atoms with Crippen molar-refractivity contribution in [1.82, 2.24) is 28.9 Å². The molecule has 0 spiro atoms. The van der Waals surface area contributed by atoms with E-state index >= 15 is 0 Å². The van der Waals surface area contributed by atoms with Gasteiger partial charge in [0.2, 0.25) is 0 Å². The molecule has 12 rings (SSSR count).